The van der Waals surface area contributed by atoms with Gasteiger partial charge in [-0.2, -0.15) is 0 Å². The second-order valence-corrected chi connectivity index (χ2v) is 2.62. The molecule has 1 aromatic rings. The van der Waals surface area contributed by atoms with Crippen LogP contribution >= 0.6 is 0 Å². The van der Waals surface area contributed by atoms with Crippen molar-refractivity contribution >= 4 is 5.97 Å². The van der Waals surface area contributed by atoms with Gasteiger partial charge in [-0.15, -0.1) is 0 Å². The molecule has 1 rings (SSSR count). The van der Waals surface area contributed by atoms with Crippen LogP contribution in [0.25, 0.3) is 0 Å². The second-order valence-electron chi connectivity index (χ2n) is 2.62. The third kappa shape index (κ3) is 1.99. The maximum absolute atomic E-state index is 13.3. The van der Waals surface area contributed by atoms with E-state index in [1.165, 1.54) is 0 Å². The number of hydrogen-bond acceptors (Lipinski definition) is 2. The highest BCUT2D eigenvalue weighted by molar-refractivity contribution is 5.70. The SMILES string of the molecule is COc1c(F)ccc(CC(=O)O)c1F. The van der Waals surface area contributed by atoms with Crippen molar-refractivity contribution in [2.75, 3.05) is 7.11 Å². The van der Waals surface area contributed by atoms with Crippen molar-refractivity contribution in [3.05, 3.63) is 29.3 Å². The summed E-state index contributed by atoms with van der Waals surface area (Å²) < 4.78 is 30.6. The molecule has 1 aromatic carbocycles. The fourth-order valence-electron chi connectivity index (χ4n) is 1.06. The quantitative estimate of drug-likeness (QED) is 0.809. The van der Waals surface area contributed by atoms with E-state index in [4.69, 9.17) is 5.11 Å². The van der Waals surface area contributed by atoms with Crippen molar-refractivity contribution in [1.29, 1.82) is 0 Å². The number of aliphatic carboxylic acids is 1. The van der Waals surface area contributed by atoms with Gasteiger partial charge in [0.15, 0.2) is 17.4 Å². The predicted molar refractivity (Wildman–Crippen MR) is 44.2 cm³/mol. The fourth-order valence-corrected chi connectivity index (χ4v) is 1.06. The molecule has 0 aliphatic rings. The summed E-state index contributed by atoms with van der Waals surface area (Å²) in [6.45, 7) is 0. The van der Waals surface area contributed by atoms with Gasteiger partial charge in [0.2, 0.25) is 0 Å². The van der Waals surface area contributed by atoms with Crippen LogP contribution in [-0.4, -0.2) is 18.2 Å². The van der Waals surface area contributed by atoms with Gasteiger partial charge in [-0.05, 0) is 6.07 Å². The smallest absolute Gasteiger partial charge is 0.307 e. The Kier molecular flexibility index (Phi) is 3.01. The van der Waals surface area contributed by atoms with Crippen LogP contribution in [0.15, 0.2) is 12.1 Å². The summed E-state index contributed by atoms with van der Waals surface area (Å²) in [6.07, 6.45) is -0.498. The summed E-state index contributed by atoms with van der Waals surface area (Å²) in [5.74, 6) is -3.55. The van der Waals surface area contributed by atoms with Crippen LogP contribution in [0.4, 0.5) is 8.78 Å². The molecule has 0 amide bonds. The Bertz CT molecular complexity index is 363. The lowest BCUT2D eigenvalue weighted by molar-refractivity contribution is -0.136. The lowest BCUT2D eigenvalue weighted by Gasteiger charge is -2.06. The summed E-state index contributed by atoms with van der Waals surface area (Å²) in [6, 6.07) is 2.06. The Morgan fingerprint density at radius 2 is 2.14 bits per heavy atom. The molecule has 0 aromatic heterocycles. The molecule has 0 aliphatic heterocycles. The van der Waals surface area contributed by atoms with Gasteiger partial charge in [0, 0.05) is 5.56 Å². The van der Waals surface area contributed by atoms with Crippen LogP contribution in [0, 0.1) is 11.6 Å². The van der Waals surface area contributed by atoms with E-state index in [1.54, 1.807) is 0 Å². The Morgan fingerprint density at radius 1 is 1.50 bits per heavy atom. The minimum atomic E-state index is -1.18. The molecule has 0 bridgehead atoms. The van der Waals surface area contributed by atoms with Crippen molar-refractivity contribution in [3.63, 3.8) is 0 Å². The highest BCUT2D eigenvalue weighted by atomic mass is 19.1. The predicted octanol–water partition coefficient (Wildman–Crippen LogP) is 1.60. The molecule has 1 N–H and O–H groups in total. The molecule has 14 heavy (non-hydrogen) atoms. The monoisotopic (exact) mass is 202 g/mol. The minimum Gasteiger partial charge on any atom is -0.491 e. The van der Waals surface area contributed by atoms with Crippen molar-refractivity contribution in [1.82, 2.24) is 0 Å². The van der Waals surface area contributed by atoms with Crippen LogP contribution in [0.5, 0.6) is 5.75 Å². The molecular weight excluding hydrogens is 194 g/mol. The Morgan fingerprint density at radius 3 is 2.64 bits per heavy atom. The van der Waals surface area contributed by atoms with Crippen LogP contribution in [0.2, 0.25) is 0 Å². The summed E-state index contributed by atoms with van der Waals surface area (Å²) in [4.78, 5) is 10.3. The number of benzene rings is 1. The number of carbonyl (C=O) groups is 1. The highest BCUT2D eigenvalue weighted by Crippen LogP contribution is 2.24. The van der Waals surface area contributed by atoms with Crippen LogP contribution in [0.3, 0.4) is 0 Å². The summed E-state index contributed by atoms with van der Waals surface area (Å²) in [5.41, 5.74) is -0.101. The Labute approximate surface area is 78.9 Å². The first kappa shape index (κ1) is 10.4. The van der Waals surface area contributed by atoms with E-state index in [1.807, 2.05) is 0 Å². The second kappa shape index (κ2) is 4.04. The maximum atomic E-state index is 13.3. The zero-order valence-electron chi connectivity index (χ0n) is 7.38. The number of halogens is 2. The lowest BCUT2D eigenvalue weighted by Crippen LogP contribution is -2.04. The van der Waals surface area contributed by atoms with E-state index < -0.39 is 29.8 Å². The van der Waals surface area contributed by atoms with Crippen LogP contribution < -0.4 is 4.74 Å². The molecule has 76 valence electrons. The first-order valence-corrected chi connectivity index (χ1v) is 3.79. The molecule has 5 heteroatoms. The average molecular weight is 202 g/mol. The molecule has 0 heterocycles. The molecule has 0 atom stereocenters. The fraction of sp³-hybridized carbons (Fsp3) is 0.222. The maximum Gasteiger partial charge on any atom is 0.307 e. The molecule has 0 fully saturated rings. The van der Waals surface area contributed by atoms with Gasteiger partial charge in [-0.1, -0.05) is 6.07 Å². The topological polar surface area (TPSA) is 46.5 Å². The lowest BCUT2D eigenvalue weighted by atomic mass is 10.1. The van der Waals surface area contributed by atoms with Gasteiger partial charge in [0.05, 0.1) is 13.5 Å². The number of rotatable bonds is 3. The molecular formula is C9H8F2O3. The average Bonchev–Trinajstić information content (AvgIpc) is 2.10. The Balaban J connectivity index is 3.14. The van der Waals surface area contributed by atoms with Crippen molar-refractivity contribution in [2.45, 2.75) is 6.42 Å². The van der Waals surface area contributed by atoms with Gasteiger partial charge in [0.25, 0.3) is 0 Å². The number of ether oxygens (including phenoxy) is 1. The molecule has 0 radical (unpaired) electrons. The van der Waals surface area contributed by atoms with Gasteiger partial charge in [-0.25, -0.2) is 8.78 Å². The number of hydrogen-bond donors (Lipinski definition) is 1. The minimum absolute atomic E-state index is 0.101. The van der Waals surface area contributed by atoms with Crippen molar-refractivity contribution in [2.24, 2.45) is 0 Å². The standard InChI is InChI=1S/C9H8F2O3/c1-14-9-6(10)3-2-5(8(9)11)4-7(12)13/h2-3H,4H2,1H3,(H,12,13). The highest BCUT2D eigenvalue weighted by Gasteiger charge is 2.15. The third-order valence-electron chi connectivity index (χ3n) is 1.67. The van der Waals surface area contributed by atoms with Gasteiger partial charge < -0.3 is 9.84 Å². The molecule has 0 unspecified atom stereocenters. The van der Waals surface area contributed by atoms with E-state index in [9.17, 15) is 13.6 Å². The number of carboxylic acid groups (broad SMARTS) is 1. The Hall–Kier alpha value is -1.65. The van der Waals surface area contributed by atoms with E-state index in [2.05, 4.69) is 4.74 Å². The molecule has 0 spiro atoms. The third-order valence-corrected chi connectivity index (χ3v) is 1.67. The zero-order chi connectivity index (χ0) is 10.7. The molecule has 0 saturated carbocycles. The molecule has 3 nitrogen and oxygen atoms in total. The van der Waals surface area contributed by atoms with Crippen LogP contribution in [0.1, 0.15) is 5.56 Å². The molecule has 0 aliphatic carbocycles. The van der Waals surface area contributed by atoms with E-state index in [0.717, 1.165) is 19.2 Å². The van der Waals surface area contributed by atoms with E-state index in [-0.39, 0.29) is 5.56 Å². The van der Waals surface area contributed by atoms with Gasteiger partial charge in [-0.3, -0.25) is 4.79 Å². The zero-order valence-corrected chi connectivity index (χ0v) is 7.38. The van der Waals surface area contributed by atoms with Crippen LogP contribution in [-0.2, 0) is 11.2 Å². The summed E-state index contributed by atoms with van der Waals surface area (Å²) in [5, 5.41) is 8.42. The normalized spacial score (nSPS) is 9.93. The largest absolute Gasteiger partial charge is 0.491 e. The van der Waals surface area contributed by atoms with Crippen molar-refractivity contribution in [3.8, 4) is 5.75 Å². The first-order chi connectivity index (χ1) is 6.56. The van der Waals surface area contributed by atoms with Gasteiger partial charge in [0.1, 0.15) is 0 Å². The number of methoxy groups -OCH3 is 1. The summed E-state index contributed by atoms with van der Waals surface area (Å²) in [7, 11) is 1.12. The summed E-state index contributed by atoms with van der Waals surface area (Å²) >= 11 is 0. The van der Waals surface area contributed by atoms with E-state index >= 15 is 0 Å². The number of carboxylic acids is 1. The van der Waals surface area contributed by atoms with Crippen molar-refractivity contribution < 1.29 is 23.4 Å². The molecule has 0 saturated heterocycles. The van der Waals surface area contributed by atoms with Gasteiger partial charge >= 0.3 is 5.97 Å². The first-order valence-electron chi connectivity index (χ1n) is 3.79. The van der Waals surface area contributed by atoms with E-state index in [0.29, 0.717) is 0 Å².